The van der Waals surface area contributed by atoms with E-state index in [2.05, 4.69) is 10.6 Å². The summed E-state index contributed by atoms with van der Waals surface area (Å²) in [6.07, 6.45) is 0. The molecule has 6 nitrogen and oxygen atoms in total. The number of ether oxygens (including phenoxy) is 1. The zero-order valence-electron chi connectivity index (χ0n) is 11.0. The SMILES string of the molecule is CNC(=O)c1ccc(Cl)c(NC(=O)C2COCC2N)c1. The maximum Gasteiger partial charge on any atom is 0.251 e. The number of hydrogen-bond donors (Lipinski definition) is 3. The Morgan fingerprint density at radius 3 is 2.75 bits per heavy atom. The van der Waals surface area contributed by atoms with Gasteiger partial charge in [0.2, 0.25) is 5.91 Å². The van der Waals surface area contributed by atoms with Gasteiger partial charge in [-0.1, -0.05) is 11.6 Å². The fraction of sp³-hybridized carbons (Fsp3) is 0.385. The lowest BCUT2D eigenvalue weighted by Gasteiger charge is -2.14. The highest BCUT2D eigenvalue weighted by Gasteiger charge is 2.31. The summed E-state index contributed by atoms with van der Waals surface area (Å²) in [4.78, 5) is 23.7. The fourth-order valence-corrected chi connectivity index (χ4v) is 2.14. The monoisotopic (exact) mass is 297 g/mol. The van der Waals surface area contributed by atoms with Gasteiger partial charge in [0.05, 0.1) is 29.8 Å². The molecule has 108 valence electrons. The number of rotatable bonds is 3. The molecular formula is C13H16ClN3O3. The van der Waals surface area contributed by atoms with Gasteiger partial charge in [0.1, 0.15) is 0 Å². The van der Waals surface area contributed by atoms with Gasteiger partial charge in [0.15, 0.2) is 0 Å². The third kappa shape index (κ3) is 3.09. The average Bonchev–Trinajstić information content (AvgIpc) is 2.86. The molecule has 1 aromatic rings. The molecule has 2 atom stereocenters. The van der Waals surface area contributed by atoms with Crippen molar-refractivity contribution in [3.8, 4) is 0 Å². The Bertz CT molecular complexity index is 536. The van der Waals surface area contributed by atoms with Crippen LogP contribution in [0.5, 0.6) is 0 Å². The van der Waals surface area contributed by atoms with Gasteiger partial charge >= 0.3 is 0 Å². The second kappa shape index (κ2) is 6.21. The molecule has 0 spiro atoms. The van der Waals surface area contributed by atoms with Crippen LogP contribution in [-0.2, 0) is 9.53 Å². The second-order valence-corrected chi connectivity index (χ2v) is 4.98. The van der Waals surface area contributed by atoms with E-state index in [1.807, 2.05) is 0 Å². The first-order chi connectivity index (χ1) is 9.52. The van der Waals surface area contributed by atoms with Crippen molar-refractivity contribution in [2.45, 2.75) is 6.04 Å². The molecule has 0 bridgehead atoms. The van der Waals surface area contributed by atoms with Crippen LogP contribution in [0.2, 0.25) is 5.02 Å². The largest absolute Gasteiger partial charge is 0.379 e. The van der Waals surface area contributed by atoms with Crippen molar-refractivity contribution in [3.63, 3.8) is 0 Å². The van der Waals surface area contributed by atoms with Gasteiger partial charge in [0.25, 0.3) is 5.91 Å². The van der Waals surface area contributed by atoms with E-state index in [1.54, 1.807) is 12.1 Å². The first-order valence-corrected chi connectivity index (χ1v) is 6.56. The van der Waals surface area contributed by atoms with E-state index in [0.29, 0.717) is 29.5 Å². The molecule has 4 N–H and O–H groups in total. The van der Waals surface area contributed by atoms with E-state index in [9.17, 15) is 9.59 Å². The molecule has 2 rings (SSSR count). The Balaban J connectivity index is 2.16. The zero-order valence-corrected chi connectivity index (χ0v) is 11.7. The molecule has 1 saturated heterocycles. The highest BCUT2D eigenvalue weighted by molar-refractivity contribution is 6.34. The van der Waals surface area contributed by atoms with Crippen LogP contribution in [0.1, 0.15) is 10.4 Å². The molecule has 1 aromatic carbocycles. The van der Waals surface area contributed by atoms with E-state index < -0.39 is 5.92 Å². The summed E-state index contributed by atoms with van der Waals surface area (Å²) in [5.74, 6) is -0.918. The maximum atomic E-state index is 12.1. The van der Waals surface area contributed by atoms with E-state index in [4.69, 9.17) is 22.1 Å². The topological polar surface area (TPSA) is 93.5 Å². The second-order valence-electron chi connectivity index (χ2n) is 4.57. The lowest BCUT2D eigenvalue weighted by Crippen LogP contribution is -2.37. The summed E-state index contributed by atoms with van der Waals surface area (Å²) in [6, 6.07) is 4.35. The normalized spacial score (nSPS) is 21.6. The summed E-state index contributed by atoms with van der Waals surface area (Å²) >= 11 is 6.02. The molecular weight excluding hydrogens is 282 g/mol. The minimum absolute atomic E-state index is 0.252. The smallest absolute Gasteiger partial charge is 0.251 e. The number of carbonyl (C=O) groups is 2. The van der Waals surface area contributed by atoms with Crippen LogP contribution in [0.25, 0.3) is 0 Å². The molecule has 0 aromatic heterocycles. The number of nitrogens with two attached hydrogens (primary N) is 1. The molecule has 0 saturated carbocycles. The molecule has 7 heteroatoms. The van der Waals surface area contributed by atoms with Crippen molar-refractivity contribution < 1.29 is 14.3 Å². The van der Waals surface area contributed by atoms with Crippen molar-refractivity contribution >= 4 is 29.1 Å². The molecule has 2 unspecified atom stereocenters. The number of benzene rings is 1. The Hall–Kier alpha value is -1.63. The molecule has 2 amide bonds. The third-order valence-corrected chi connectivity index (χ3v) is 3.50. The van der Waals surface area contributed by atoms with Crippen LogP contribution in [0.15, 0.2) is 18.2 Å². The van der Waals surface area contributed by atoms with Crippen molar-refractivity contribution in [1.29, 1.82) is 0 Å². The maximum absolute atomic E-state index is 12.1. The average molecular weight is 298 g/mol. The van der Waals surface area contributed by atoms with E-state index in [-0.39, 0.29) is 17.9 Å². The van der Waals surface area contributed by atoms with Crippen LogP contribution in [0.3, 0.4) is 0 Å². The van der Waals surface area contributed by atoms with Gasteiger partial charge in [0, 0.05) is 18.7 Å². The van der Waals surface area contributed by atoms with Gasteiger partial charge < -0.3 is 21.1 Å². The number of nitrogens with one attached hydrogen (secondary N) is 2. The van der Waals surface area contributed by atoms with E-state index in [1.165, 1.54) is 13.1 Å². The molecule has 1 fully saturated rings. The molecule has 20 heavy (non-hydrogen) atoms. The number of hydrogen-bond acceptors (Lipinski definition) is 4. The van der Waals surface area contributed by atoms with Gasteiger partial charge in [-0.2, -0.15) is 0 Å². The summed E-state index contributed by atoms with van der Waals surface area (Å²) in [5.41, 5.74) is 6.59. The minimum atomic E-state index is -0.408. The Morgan fingerprint density at radius 2 is 2.15 bits per heavy atom. The lowest BCUT2D eigenvalue weighted by atomic mass is 10.0. The van der Waals surface area contributed by atoms with Crippen LogP contribution in [-0.4, -0.2) is 38.1 Å². The predicted octanol–water partition coefficient (Wildman–Crippen LogP) is 0.612. The van der Waals surface area contributed by atoms with Crippen molar-refractivity contribution in [1.82, 2.24) is 5.32 Å². The third-order valence-electron chi connectivity index (χ3n) is 3.17. The predicted molar refractivity (Wildman–Crippen MR) is 75.8 cm³/mol. The van der Waals surface area contributed by atoms with Crippen LogP contribution < -0.4 is 16.4 Å². The number of halogens is 1. The number of anilines is 1. The van der Waals surface area contributed by atoms with Gasteiger partial charge in [-0.3, -0.25) is 9.59 Å². The summed E-state index contributed by atoms with van der Waals surface area (Å²) < 4.78 is 5.15. The molecule has 1 aliphatic rings. The van der Waals surface area contributed by atoms with Gasteiger partial charge in [-0.15, -0.1) is 0 Å². The molecule has 0 radical (unpaired) electrons. The van der Waals surface area contributed by atoms with E-state index in [0.717, 1.165) is 0 Å². The van der Waals surface area contributed by atoms with Crippen molar-refractivity contribution in [2.24, 2.45) is 11.7 Å². The lowest BCUT2D eigenvalue weighted by molar-refractivity contribution is -0.120. The fourth-order valence-electron chi connectivity index (χ4n) is 1.97. The Labute approximate surface area is 121 Å². The molecule has 0 aliphatic carbocycles. The highest BCUT2D eigenvalue weighted by atomic mass is 35.5. The van der Waals surface area contributed by atoms with Crippen LogP contribution >= 0.6 is 11.6 Å². The van der Waals surface area contributed by atoms with Crippen molar-refractivity contribution in [2.75, 3.05) is 25.6 Å². The van der Waals surface area contributed by atoms with Crippen molar-refractivity contribution in [3.05, 3.63) is 28.8 Å². The summed E-state index contributed by atoms with van der Waals surface area (Å²) in [5, 5.41) is 5.56. The Kier molecular flexibility index (Phi) is 4.59. The van der Waals surface area contributed by atoms with Gasteiger partial charge in [-0.05, 0) is 18.2 Å². The van der Waals surface area contributed by atoms with Crippen LogP contribution in [0, 0.1) is 5.92 Å². The van der Waals surface area contributed by atoms with Crippen LogP contribution in [0.4, 0.5) is 5.69 Å². The minimum Gasteiger partial charge on any atom is -0.379 e. The first-order valence-electron chi connectivity index (χ1n) is 6.18. The molecule has 1 aliphatic heterocycles. The van der Waals surface area contributed by atoms with E-state index >= 15 is 0 Å². The first kappa shape index (κ1) is 14.8. The Morgan fingerprint density at radius 1 is 1.40 bits per heavy atom. The summed E-state index contributed by atoms with van der Waals surface area (Å²) in [7, 11) is 1.53. The molecule has 1 heterocycles. The highest BCUT2D eigenvalue weighted by Crippen LogP contribution is 2.24. The number of carbonyl (C=O) groups excluding carboxylic acids is 2. The number of amides is 2. The standard InChI is InChI=1S/C13H16ClN3O3/c1-16-12(18)7-2-3-9(14)11(4-7)17-13(19)8-5-20-6-10(8)15/h2-4,8,10H,5-6,15H2,1H3,(H,16,18)(H,17,19). The summed E-state index contributed by atoms with van der Waals surface area (Å²) in [6.45, 7) is 0.657. The quantitative estimate of drug-likeness (QED) is 0.762. The zero-order chi connectivity index (χ0) is 14.7. The van der Waals surface area contributed by atoms with Gasteiger partial charge in [-0.25, -0.2) is 0 Å².